The van der Waals surface area contributed by atoms with Gasteiger partial charge in [0.2, 0.25) is 0 Å². The molecule has 7 nitrogen and oxygen atoms in total. The van der Waals surface area contributed by atoms with E-state index in [9.17, 15) is 9.59 Å². The second-order valence-electron chi connectivity index (χ2n) is 4.78. The second kappa shape index (κ2) is 5.33. The number of rotatable bonds is 3. The number of imide groups is 1. The monoisotopic (exact) mass is 326 g/mol. The molecule has 3 heterocycles. The molecule has 114 valence electrons. The Labute approximate surface area is 134 Å². The Morgan fingerprint density at radius 3 is 2.74 bits per heavy atom. The van der Waals surface area contributed by atoms with Crippen molar-refractivity contribution in [3.05, 3.63) is 47.9 Å². The van der Waals surface area contributed by atoms with E-state index < -0.39 is 11.9 Å². The summed E-state index contributed by atoms with van der Waals surface area (Å²) in [7, 11) is 0. The average Bonchev–Trinajstić information content (AvgIpc) is 3.19. The Bertz CT molecular complexity index is 923. The Balaban J connectivity index is 1.55. The van der Waals surface area contributed by atoms with Gasteiger partial charge in [-0.3, -0.25) is 10.1 Å². The highest BCUT2D eigenvalue weighted by Gasteiger charge is 2.23. The van der Waals surface area contributed by atoms with Gasteiger partial charge in [0.25, 0.3) is 5.91 Å². The summed E-state index contributed by atoms with van der Waals surface area (Å²) in [6.07, 6.45) is 1.48. The minimum absolute atomic E-state index is 0.157. The van der Waals surface area contributed by atoms with E-state index in [1.165, 1.54) is 17.8 Å². The number of aromatic nitrogens is 2. The van der Waals surface area contributed by atoms with Gasteiger partial charge in [0.1, 0.15) is 11.5 Å². The number of amides is 3. The van der Waals surface area contributed by atoms with E-state index in [1.54, 1.807) is 12.1 Å². The smallest absolute Gasteiger partial charge is 0.326 e. The fourth-order valence-electron chi connectivity index (χ4n) is 2.16. The first-order valence-electron chi connectivity index (χ1n) is 6.74. The molecule has 1 aromatic carbocycles. The topological polar surface area (TPSA) is 100 Å². The van der Waals surface area contributed by atoms with Gasteiger partial charge >= 0.3 is 6.03 Å². The third kappa shape index (κ3) is 2.71. The van der Waals surface area contributed by atoms with E-state index in [0.29, 0.717) is 16.0 Å². The number of fused-ring (bicyclic) bond motifs is 1. The molecule has 0 spiro atoms. The number of urea groups is 1. The van der Waals surface area contributed by atoms with Gasteiger partial charge in [-0.05, 0) is 36.0 Å². The summed E-state index contributed by atoms with van der Waals surface area (Å²) in [4.78, 5) is 30.2. The molecule has 1 fully saturated rings. The van der Waals surface area contributed by atoms with Gasteiger partial charge in [0, 0.05) is 6.08 Å². The van der Waals surface area contributed by atoms with Crippen LogP contribution in [0.1, 0.15) is 5.76 Å². The van der Waals surface area contributed by atoms with Crippen molar-refractivity contribution in [3.8, 4) is 0 Å². The predicted octanol–water partition coefficient (Wildman–Crippen LogP) is 2.49. The summed E-state index contributed by atoms with van der Waals surface area (Å²) in [6.45, 7) is 0. The minimum Gasteiger partial charge on any atom is -0.450 e. The fourth-order valence-corrected chi connectivity index (χ4v) is 2.93. The Hall–Kier alpha value is -3.00. The Morgan fingerprint density at radius 1 is 1.09 bits per heavy atom. The molecular weight excluding hydrogens is 316 g/mol. The third-order valence-electron chi connectivity index (χ3n) is 3.17. The molecule has 0 unspecified atom stereocenters. The van der Waals surface area contributed by atoms with Crippen LogP contribution in [0.4, 0.5) is 4.79 Å². The molecule has 1 aliphatic rings. The predicted molar refractivity (Wildman–Crippen MR) is 83.6 cm³/mol. The quantitative estimate of drug-likeness (QED) is 0.507. The SMILES string of the molecule is O=C1NC(=O)C(=Cc2ccc(Sc3nc4ccccc4[nH]3)o2)N1. The second-order valence-corrected chi connectivity index (χ2v) is 5.78. The van der Waals surface area contributed by atoms with Crippen LogP contribution in [-0.4, -0.2) is 21.9 Å². The van der Waals surface area contributed by atoms with E-state index in [2.05, 4.69) is 20.6 Å². The van der Waals surface area contributed by atoms with E-state index in [1.807, 2.05) is 24.3 Å². The number of nitrogens with zero attached hydrogens (tertiary/aromatic N) is 1. The van der Waals surface area contributed by atoms with Gasteiger partial charge < -0.3 is 14.7 Å². The van der Waals surface area contributed by atoms with Crippen molar-refractivity contribution in [2.45, 2.75) is 10.2 Å². The van der Waals surface area contributed by atoms with Crippen LogP contribution in [0.15, 0.2) is 56.8 Å². The maximum absolute atomic E-state index is 11.5. The van der Waals surface area contributed by atoms with Crippen LogP contribution in [0, 0.1) is 0 Å². The maximum atomic E-state index is 11.5. The number of carbonyl (C=O) groups excluding carboxylic acids is 2. The summed E-state index contributed by atoms with van der Waals surface area (Å²) >= 11 is 1.34. The molecule has 0 saturated carbocycles. The summed E-state index contributed by atoms with van der Waals surface area (Å²) in [5, 5.41) is 5.87. The number of H-pyrrole nitrogens is 1. The molecule has 2 aromatic heterocycles. The van der Waals surface area contributed by atoms with Gasteiger partial charge in [-0.2, -0.15) is 0 Å². The van der Waals surface area contributed by atoms with Crippen LogP contribution in [0.25, 0.3) is 17.1 Å². The molecule has 0 radical (unpaired) electrons. The van der Waals surface area contributed by atoms with E-state index in [0.717, 1.165) is 11.0 Å². The number of para-hydroxylation sites is 2. The first-order valence-corrected chi connectivity index (χ1v) is 7.55. The van der Waals surface area contributed by atoms with Crippen LogP contribution in [0.5, 0.6) is 0 Å². The molecule has 4 rings (SSSR count). The first kappa shape index (κ1) is 13.6. The van der Waals surface area contributed by atoms with Crippen LogP contribution in [-0.2, 0) is 4.79 Å². The molecular formula is C15H10N4O3S. The molecule has 8 heteroatoms. The number of nitrogens with one attached hydrogen (secondary N) is 3. The van der Waals surface area contributed by atoms with Crippen molar-refractivity contribution in [3.63, 3.8) is 0 Å². The zero-order valence-corrected chi connectivity index (χ0v) is 12.4. The molecule has 3 aromatic rings. The van der Waals surface area contributed by atoms with Crippen molar-refractivity contribution in [2.24, 2.45) is 0 Å². The Kier molecular flexibility index (Phi) is 3.16. The number of imidazole rings is 1. The van der Waals surface area contributed by atoms with Crippen LogP contribution in [0.2, 0.25) is 0 Å². The summed E-state index contributed by atoms with van der Waals surface area (Å²) < 4.78 is 5.62. The molecule has 1 saturated heterocycles. The molecule has 3 amide bonds. The number of aromatic amines is 1. The Morgan fingerprint density at radius 2 is 1.96 bits per heavy atom. The lowest BCUT2D eigenvalue weighted by Gasteiger charge is -1.93. The van der Waals surface area contributed by atoms with Crippen molar-refractivity contribution in [1.82, 2.24) is 20.6 Å². The molecule has 23 heavy (non-hydrogen) atoms. The largest absolute Gasteiger partial charge is 0.450 e. The summed E-state index contributed by atoms with van der Waals surface area (Å²) in [5.41, 5.74) is 1.99. The van der Waals surface area contributed by atoms with E-state index >= 15 is 0 Å². The van der Waals surface area contributed by atoms with Gasteiger partial charge in [-0.15, -0.1) is 0 Å². The zero-order chi connectivity index (χ0) is 15.8. The molecule has 0 aliphatic carbocycles. The third-order valence-corrected chi connectivity index (χ3v) is 3.98. The highest BCUT2D eigenvalue weighted by Crippen LogP contribution is 2.29. The maximum Gasteiger partial charge on any atom is 0.326 e. The lowest BCUT2D eigenvalue weighted by Crippen LogP contribution is -2.22. The zero-order valence-electron chi connectivity index (χ0n) is 11.6. The van der Waals surface area contributed by atoms with E-state index in [-0.39, 0.29) is 5.70 Å². The van der Waals surface area contributed by atoms with Crippen molar-refractivity contribution in [2.75, 3.05) is 0 Å². The standard InChI is InChI=1S/C15H10N4O3S/c20-13-11(16-14(21)19-13)7-8-5-6-12(22-8)23-15-17-9-3-1-2-4-10(9)18-15/h1-7H,(H,17,18)(H2,16,19,20,21). The van der Waals surface area contributed by atoms with E-state index in [4.69, 9.17) is 4.42 Å². The number of carbonyl (C=O) groups is 2. The number of benzene rings is 1. The van der Waals surface area contributed by atoms with Crippen molar-refractivity contribution >= 4 is 40.8 Å². The lowest BCUT2D eigenvalue weighted by molar-refractivity contribution is -0.115. The highest BCUT2D eigenvalue weighted by atomic mass is 32.2. The molecule has 3 N–H and O–H groups in total. The minimum atomic E-state index is -0.537. The number of hydrogen-bond acceptors (Lipinski definition) is 5. The average molecular weight is 326 g/mol. The first-order chi connectivity index (χ1) is 11.2. The molecule has 0 bridgehead atoms. The molecule has 0 atom stereocenters. The van der Waals surface area contributed by atoms with Crippen LogP contribution >= 0.6 is 11.8 Å². The van der Waals surface area contributed by atoms with Gasteiger partial charge in [-0.1, -0.05) is 12.1 Å². The molecule has 1 aliphatic heterocycles. The highest BCUT2D eigenvalue weighted by molar-refractivity contribution is 7.99. The van der Waals surface area contributed by atoms with Crippen molar-refractivity contribution in [1.29, 1.82) is 0 Å². The van der Waals surface area contributed by atoms with Gasteiger partial charge in [0.05, 0.1) is 11.0 Å². The lowest BCUT2D eigenvalue weighted by atomic mass is 10.3. The van der Waals surface area contributed by atoms with Crippen LogP contribution < -0.4 is 10.6 Å². The van der Waals surface area contributed by atoms with Crippen LogP contribution in [0.3, 0.4) is 0 Å². The normalized spacial score (nSPS) is 16.1. The number of hydrogen-bond donors (Lipinski definition) is 3. The number of furan rings is 1. The summed E-state index contributed by atoms with van der Waals surface area (Å²) in [6, 6.07) is 10.7. The van der Waals surface area contributed by atoms with Crippen molar-refractivity contribution < 1.29 is 14.0 Å². The van der Waals surface area contributed by atoms with Gasteiger partial charge in [0.15, 0.2) is 10.2 Å². The summed E-state index contributed by atoms with van der Waals surface area (Å²) in [5.74, 6) is -0.00570. The van der Waals surface area contributed by atoms with Gasteiger partial charge in [-0.25, -0.2) is 9.78 Å². The fraction of sp³-hybridized carbons (Fsp3) is 0.